The van der Waals surface area contributed by atoms with E-state index < -0.39 is 0 Å². The van der Waals surface area contributed by atoms with Crippen molar-refractivity contribution < 1.29 is 9.90 Å². The van der Waals surface area contributed by atoms with Gasteiger partial charge in [0.15, 0.2) is 0 Å². The van der Waals surface area contributed by atoms with Crippen LogP contribution in [0.3, 0.4) is 0 Å². The fraction of sp³-hybridized carbons (Fsp3) is 0.583. The Balaban J connectivity index is 1.83. The average molecular weight is 316 g/mol. The summed E-state index contributed by atoms with van der Waals surface area (Å²) in [5.41, 5.74) is 0.773. The molecule has 0 saturated carbocycles. The van der Waals surface area contributed by atoms with Crippen LogP contribution in [-0.4, -0.2) is 34.1 Å². The van der Waals surface area contributed by atoms with Crippen LogP contribution < -0.4 is 0 Å². The molecule has 3 heterocycles. The first-order valence-corrected chi connectivity index (χ1v) is 7.57. The van der Waals surface area contributed by atoms with Gasteiger partial charge in [-0.15, -0.1) is 11.3 Å². The van der Waals surface area contributed by atoms with Crippen LogP contribution in [0.15, 0.2) is 15.2 Å². The Hall–Kier alpha value is -0.390. The maximum absolute atomic E-state index is 12.4. The van der Waals surface area contributed by atoms with Gasteiger partial charge in [0.2, 0.25) is 0 Å². The van der Waals surface area contributed by atoms with Crippen LogP contribution in [0.2, 0.25) is 0 Å². The van der Waals surface area contributed by atoms with Crippen LogP contribution >= 0.6 is 27.3 Å². The lowest BCUT2D eigenvalue weighted by Crippen LogP contribution is -2.47. The van der Waals surface area contributed by atoms with Crippen molar-refractivity contribution in [2.24, 2.45) is 0 Å². The summed E-state index contributed by atoms with van der Waals surface area (Å²) in [6, 6.07) is 2.38. The molecule has 0 aromatic carbocycles. The summed E-state index contributed by atoms with van der Waals surface area (Å²) in [5.74, 6) is 0.131. The number of nitrogens with zero attached hydrogens (tertiary/aromatic N) is 1. The van der Waals surface area contributed by atoms with Gasteiger partial charge in [-0.3, -0.25) is 4.79 Å². The number of aliphatic hydroxyl groups excluding tert-OH is 1. The second-order valence-electron chi connectivity index (χ2n) is 4.86. The number of hydrogen-bond donors (Lipinski definition) is 1. The van der Waals surface area contributed by atoms with Crippen LogP contribution in [0.25, 0.3) is 0 Å². The molecule has 92 valence electrons. The molecule has 0 spiro atoms. The Morgan fingerprint density at radius 3 is 2.59 bits per heavy atom. The maximum atomic E-state index is 12.4. The Labute approximate surface area is 113 Å². The summed E-state index contributed by atoms with van der Waals surface area (Å²) in [5, 5.41) is 11.6. The van der Waals surface area contributed by atoms with Crippen LogP contribution in [0, 0.1) is 0 Å². The lowest BCUT2D eigenvalue weighted by molar-refractivity contribution is 0.0287. The van der Waals surface area contributed by atoms with Crippen molar-refractivity contribution in [2.45, 2.75) is 43.9 Å². The van der Waals surface area contributed by atoms with Crippen molar-refractivity contribution in [1.29, 1.82) is 0 Å². The van der Waals surface area contributed by atoms with Gasteiger partial charge >= 0.3 is 0 Å². The Kier molecular flexibility index (Phi) is 3.00. The average Bonchev–Trinajstić information content (AvgIpc) is 2.81. The molecule has 2 aliphatic heterocycles. The molecule has 3 rings (SSSR count). The largest absolute Gasteiger partial charge is 0.393 e. The molecule has 2 atom stereocenters. The maximum Gasteiger partial charge on any atom is 0.255 e. The number of fused-ring (bicyclic) bond motifs is 2. The zero-order chi connectivity index (χ0) is 12.0. The highest BCUT2D eigenvalue weighted by atomic mass is 79.9. The van der Waals surface area contributed by atoms with E-state index in [-0.39, 0.29) is 24.1 Å². The minimum Gasteiger partial charge on any atom is -0.393 e. The van der Waals surface area contributed by atoms with Crippen molar-refractivity contribution in [3.05, 3.63) is 20.8 Å². The fourth-order valence-corrected chi connectivity index (χ4v) is 4.18. The molecule has 0 radical (unpaired) electrons. The summed E-state index contributed by atoms with van der Waals surface area (Å²) in [4.78, 5) is 14.4. The second kappa shape index (κ2) is 4.37. The van der Waals surface area contributed by atoms with E-state index in [2.05, 4.69) is 15.9 Å². The molecule has 1 amide bonds. The molecule has 5 heteroatoms. The summed E-state index contributed by atoms with van der Waals surface area (Å²) in [6.07, 6.45) is 3.35. The van der Waals surface area contributed by atoms with E-state index in [9.17, 15) is 9.90 Å². The predicted octanol–water partition coefficient (Wildman–Crippen LogP) is 2.64. The fourth-order valence-electron chi connectivity index (χ4n) is 3.05. The van der Waals surface area contributed by atoms with E-state index in [1.807, 2.05) is 16.3 Å². The Morgan fingerprint density at radius 2 is 2.06 bits per heavy atom. The molecule has 1 aromatic heterocycles. The normalized spacial score (nSPS) is 31.9. The van der Waals surface area contributed by atoms with E-state index in [4.69, 9.17) is 0 Å². The number of hydrogen-bond acceptors (Lipinski definition) is 3. The number of piperidine rings is 1. The number of carbonyl (C=O) groups excluding carboxylic acids is 1. The highest BCUT2D eigenvalue weighted by molar-refractivity contribution is 9.11. The van der Waals surface area contributed by atoms with Crippen LogP contribution in [0.4, 0.5) is 0 Å². The third-order valence-electron chi connectivity index (χ3n) is 3.76. The van der Waals surface area contributed by atoms with Gasteiger partial charge in [-0.25, -0.2) is 0 Å². The standard InChI is InChI=1S/C12H14BrNO2S/c13-11-3-7(6-17-11)12(16)14-8-1-2-9(14)5-10(15)4-8/h3,6,8-10,15H,1-2,4-5H2. The highest BCUT2D eigenvalue weighted by Crippen LogP contribution is 2.37. The number of rotatable bonds is 1. The number of thiophene rings is 1. The number of amides is 1. The molecule has 0 aliphatic carbocycles. The smallest absolute Gasteiger partial charge is 0.255 e. The SMILES string of the molecule is O=C(c1csc(Br)c1)N1C2CCC1CC(O)C2. The predicted molar refractivity (Wildman–Crippen MR) is 70.2 cm³/mol. The van der Waals surface area contributed by atoms with Crippen molar-refractivity contribution in [1.82, 2.24) is 4.90 Å². The van der Waals surface area contributed by atoms with Gasteiger partial charge in [0, 0.05) is 17.5 Å². The Bertz CT molecular complexity index is 433. The number of carbonyl (C=O) groups is 1. The molecule has 17 heavy (non-hydrogen) atoms. The van der Waals surface area contributed by atoms with Crippen LogP contribution in [-0.2, 0) is 0 Å². The van der Waals surface area contributed by atoms with Crippen molar-refractivity contribution in [2.75, 3.05) is 0 Å². The molecule has 3 nitrogen and oxygen atoms in total. The summed E-state index contributed by atoms with van der Waals surface area (Å²) in [7, 11) is 0. The first-order chi connectivity index (χ1) is 8.15. The number of halogens is 1. The summed E-state index contributed by atoms with van der Waals surface area (Å²) >= 11 is 4.93. The van der Waals surface area contributed by atoms with E-state index in [0.717, 1.165) is 35.0 Å². The van der Waals surface area contributed by atoms with Gasteiger partial charge in [0.05, 0.1) is 15.5 Å². The molecule has 1 N–H and O–H groups in total. The lowest BCUT2D eigenvalue weighted by Gasteiger charge is -2.37. The van der Waals surface area contributed by atoms with Gasteiger partial charge in [-0.1, -0.05) is 0 Å². The van der Waals surface area contributed by atoms with E-state index in [1.165, 1.54) is 11.3 Å². The molecule has 2 fully saturated rings. The molecular weight excluding hydrogens is 302 g/mol. The van der Waals surface area contributed by atoms with Gasteiger partial charge in [0.25, 0.3) is 5.91 Å². The zero-order valence-corrected chi connectivity index (χ0v) is 11.7. The monoisotopic (exact) mass is 315 g/mol. The topological polar surface area (TPSA) is 40.5 Å². The van der Waals surface area contributed by atoms with Crippen LogP contribution in [0.5, 0.6) is 0 Å². The zero-order valence-electron chi connectivity index (χ0n) is 9.30. The molecule has 2 unspecified atom stereocenters. The van der Waals surface area contributed by atoms with E-state index in [0.29, 0.717) is 0 Å². The first kappa shape index (κ1) is 11.7. The van der Waals surface area contributed by atoms with Crippen molar-refractivity contribution in [3.8, 4) is 0 Å². The van der Waals surface area contributed by atoms with Crippen molar-refractivity contribution in [3.63, 3.8) is 0 Å². The Morgan fingerprint density at radius 1 is 1.41 bits per heavy atom. The van der Waals surface area contributed by atoms with Crippen LogP contribution in [0.1, 0.15) is 36.0 Å². The van der Waals surface area contributed by atoms with Gasteiger partial charge in [0.1, 0.15) is 0 Å². The van der Waals surface area contributed by atoms with Crippen molar-refractivity contribution >= 4 is 33.2 Å². The minimum atomic E-state index is -0.217. The third kappa shape index (κ3) is 2.04. The third-order valence-corrected chi connectivity index (χ3v) is 5.26. The van der Waals surface area contributed by atoms with Gasteiger partial charge < -0.3 is 10.0 Å². The molecule has 2 aliphatic rings. The van der Waals surface area contributed by atoms with E-state index in [1.54, 1.807) is 0 Å². The quantitative estimate of drug-likeness (QED) is 0.865. The first-order valence-electron chi connectivity index (χ1n) is 5.90. The molecular formula is C12H14BrNO2S. The minimum absolute atomic E-state index is 0.131. The summed E-state index contributed by atoms with van der Waals surface area (Å²) < 4.78 is 0.991. The van der Waals surface area contributed by atoms with E-state index >= 15 is 0 Å². The summed E-state index contributed by atoms with van der Waals surface area (Å²) in [6.45, 7) is 0. The van der Waals surface area contributed by atoms with Gasteiger partial charge in [-0.05, 0) is 47.7 Å². The second-order valence-corrected chi connectivity index (χ2v) is 7.15. The highest BCUT2D eigenvalue weighted by Gasteiger charge is 2.42. The molecule has 2 saturated heterocycles. The molecule has 2 bridgehead atoms. The molecule has 1 aromatic rings. The number of aliphatic hydroxyl groups is 1. The lowest BCUT2D eigenvalue weighted by atomic mass is 9.99. The van der Waals surface area contributed by atoms with Gasteiger partial charge in [-0.2, -0.15) is 0 Å².